The van der Waals surface area contributed by atoms with Gasteiger partial charge in [0.25, 0.3) is 5.56 Å². The average Bonchev–Trinajstić information content (AvgIpc) is 3.62. The molecule has 1 amide bonds. The van der Waals surface area contributed by atoms with Crippen molar-refractivity contribution >= 4 is 23.2 Å². The summed E-state index contributed by atoms with van der Waals surface area (Å²) >= 11 is 6.41. The molecule has 11 heteroatoms. The van der Waals surface area contributed by atoms with Gasteiger partial charge in [-0.1, -0.05) is 31.0 Å². The summed E-state index contributed by atoms with van der Waals surface area (Å²) in [6.45, 7) is 6.05. The minimum absolute atomic E-state index is 0.0555. The van der Waals surface area contributed by atoms with Crippen molar-refractivity contribution in [1.29, 1.82) is 0 Å². The van der Waals surface area contributed by atoms with Gasteiger partial charge in [-0.3, -0.25) is 28.5 Å². The van der Waals surface area contributed by atoms with Crippen LogP contribution >= 0.6 is 11.6 Å². The quantitative estimate of drug-likeness (QED) is 0.266. The monoisotopic (exact) mass is 596 g/mol. The van der Waals surface area contributed by atoms with Crippen molar-refractivity contribution in [3.05, 3.63) is 88.6 Å². The van der Waals surface area contributed by atoms with E-state index in [1.54, 1.807) is 34.0 Å². The largest absolute Gasteiger partial charge is 0.323 e. The van der Waals surface area contributed by atoms with E-state index in [-0.39, 0.29) is 29.5 Å². The average molecular weight is 597 g/mol. The van der Waals surface area contributed by atoms with E-state index in [9.17, 15) is 9.59 Å². The lowest BCUT2D eigenvalue weighted by molar-refractivity contribution is -0.119. The first-order valence-corrected chi connectivity index (χ1v) is 14.8. The molecule has 0 saturated carbocycles. The number of carbonyl (C=O) groups excluding carboxylic acids is 1. The summed E-state index contributed by atoms with van der Waals surface area (Å²) in [5, 5.41) is 12.4. The third kappa shape index (κ3) is 5.62. The van der Waals surface area contributed by atoms with Gasteiger partial charge in [-0.2, -0.15) is 10.2 Å². The Bertz CT molecular complexity index is 1870. The second kappa shape index (κ2) is 11.6. The molecule has 1 aliphatic rings. The molecule has 4 aromatic heterocycles. The van der Waals surface area contributed by atoms with Crippen LogP contribution in [-0.2, 0) is 11.8 Å². The summed E-state index contributed by atoms with van der Waals surface area (Å²) in [5.41, 5.74) is 5.89. The molecule has 5 aromatic rings. The molecule has 1 aromatic carbocycles. The molecule has 220 valence electrons. The van der Waals surface area contributed by atoms with Gasteiger partial charge in [0.15, 0.2) is 0 Å². The summed E-state index contributed by atoms with van der Waals surface area (Å²) in [7, 11) is 1.84. The van der Waals surface area contributed by atoms with Gasteiger partial charge in [0.1, 0.15) is 0 Å². The Morgan fingerprint density at radius 3 is 2.58 bits per heavy atom. The van der Waals surface area contributed by atoms with Crippen molar-refractivity contribution in [2.75, 3.05) is 5.32 Å². The maximum absolute atomic E-state index is 13.8. The fourth-order valence-corrected chi connectivity index (χ4v) is 5.79. The van der Waals surface area contributed by atoms with Gasteiger partial charge in [0.2, 0.25) is 5.91 Å². The van der Waals surface area contributed by atoms with Crippen LogP contribution < -0.4 is 10.9 Å². The highest BCUT2D eigenvalue weighted by Gasteiger charge is 2.24. The Morgan fingerprint density at radius 2 is 1.81 bits per heavy atom. The number of benzene rings is 1. The van der Waals surface area contributed by atoms with E-state index in [1.807, 2.05) is 61.4 Å². The van der Waals surface area contributed by atoms with Gasteiger partial charge < -0.3 is 5.32 Å². The van der Waals surface area contributed by atoms with Gasteiger partial charge in [-0.05, 0) is 56.5 Å². The second-order valence-corrected chi connectivity index (χ2v) is 11.8. The van der Waals surface area contributed by atoms with Crippen molar-refractivity contribution < 1.29 is 4.79 Å². The first kappa shape index (κ1) is 28.5. The molecule has 1 N–H and O–H groups in total. The molecular formula is C32H33ClN8O2. The van der Waals surface area contributed by atoms with Crippen LogP contribution in [0.3, 0.4) is 0 Å². The van der Waals surface area contributed by atoms with Gasteiger partial charge in [0.05, 0.1) is 47.5 Å². The number of pyridine rings is 1. The number of nitrogens with zero attached hydrogens (tertiary/aromatic N) is 7. The van der Waals surface area contributed by atoms with E-state index < -0.39 is 0 Å². The van der Waals surface area contributed by atoms with Crippen LogP contribution in [0.2, 0.25) is 5.02 Å². The minimum Gasteiger partial charge on any atom is -0.323 e. The molecule has 0 fully saturated rings. The zero-order valence-corrected chi connectivity index (χ0v) is 25.3. The zero-order chi connectivity index (χ0) is 30.2. The molecule has 1 aliphatic heterocycles. The predicted molar refractivity (Wildman–Crippen MR) is 167 cm³/mol. The number of carbonyl (C=O) groups is 1. The molecule has 0 aliphatic carbocycles. The summed E-state index contributed by atoms with van der Waals surface area (Å²) in [6, 6.07) is 10.8. The van der Waals surface area contributed by atoms with Gasteiger partial charge in [-0.25, -0.2) is 4.98 Å². The molecule has 2 bridgehead atoms. The number of aromatic nitrogens is 7. The van der Waals surface area contributed by atoms with Crippen LogP contribution in [0.15, 0.2) is 72.3 Å². The molecule has 0 saturated heterocycles. The van der Waals surface area contributed by atoms with E-state index in [0.29, 0.717) is 29.2 Å². The third-order valence-electron chi connectivity index (χ3n) is 8.03. The van der Waals surface area contributed by atoms with Gasteiger partial charge >= 0.3 is 0 Å². The van der Waals surface area contributed by atoms with E-state index in [1.165, 1.54) is 0 Å². The number of hydrogen-bond acceptors (Lipinski definition) is 6. The van der Waals surface area contributed by atoms with Gasteiger partial charge in [-0.15, -0.1) is 0 Å². The van der Waals surface area contributed by atoms with Crippen LogP contribution in [0.4, 0.5) is 5.69 Å². The van der Waals surface area contributed by atoms with Crippen molar-refractivity contribution in [2.24, 2.45) is 13.0 Å². The molecule has 43 heavy (non-hydrogen) atoms. The van der Waals surface area contributed by atoms with Crippen LogP contribution in [0.1, 0.15) is 57.8 Å². The lowest BCUT2D eigenvalue weighted by Crippen LogP contribution is -2.27. The molecule has 2 atom stereocenters. The maximum atomic E-state index is 13.8. The van der Waals surface area contributed by atoms with Crippen molar-refractivity contribution in [3.8, 4) is 33.6 Å². The predicted octanol–water partition coefficient (Wildman–Crippen LogP) is 6.15. The Kier molecular flexibility index (Phi) is 7.70. The molecule has 6 rings (SSSR count). The number of aryl methyl sites for hydroxylation is 1. The second-order valence-electron chi connectivity index (χ2n) is 11.3. The number of nitrogens with one attached hydrogen (secondary N) is 1. The molecule has 5 heterocycles. The SMILES string of the molecule is CC(C)n1cc(-c2ccc(Cl)cc2-c2cc(=O)n([C@H]3CCC[C@@H](C)C(=O)Nc4cnn(C)c4-c4ccnc3c4)cn2)cn1. The minimum atomic E-state index is -0.372. The summed E-state index contributed by atoms with van der Waals surface area (Å²) < 4.78 is 5.26. The number of fused-ring (bicyclic) bond motifs is 4. The van der Waals surface area contributed by atoms with Crippen LogP contribution in [-0.4, -0.2) is 40.0 Å². The van der Waals surface area contributed by atoms with Crippen LogP contribution in [0.25, 0.3) is 33.6 Å². The topological polar surface area (TPSA) is 113 Å². The number of rotatable bonds is 4. The number of amides is 1. The Labute approximate surface area is 254 Å². The Hall–Kier alpha value is -4.57. The highest BCUT2D eigenvalue weighted by Crippen LogP contribution is 2.35. The highest BCUT2D eigenvalue weighted by atomic mass is 35.5. The highest BCUT2D eigenvalue weighted by molar-refractivity contribution is 6.31. The Morgan fingerprint density at radius 1 is 0.977 bits per heavy atom. The first-order valence-electron chi connectivity index (χ1n) is 14.4. The van der Waals surface area contributed by atoms with Crippen LogP contribution in [0.5, 0.6) is 0 Å². The van der Waals surface area contributed by atoms with E-state index in [0.717, 1.165) is 40.1 Å². The van der Waals surface area contributed by atoms with E-state index in [2.05, 4.69) is 34.3 Å². The van der Waals surface area contributed by atoms with Crippen molar-refractivity contribution in [3.63, 3.8) is 0 Å². The molecular weight excluding hydrogens is 564 g/mol. The lowest BCUT2D eigenvalue weighted by atomic mass is 9.96. The first-order chi connectivity index (χ1) is 20.7. The van der Waals surface area contributed by atoms with Crippen LogP contribution in [0, 0.1) is 5.92 Å². The number of hydrogen-bond donors (Lipinski definition) is 1. The fourth-order valence-electron chi connectivity index (χ4n) is 5.61. The third-order valence-corrected chi connectivity index (χ3v) is 8.26. The standard InChI is InChI=1S/C32H33ClN8O2/c1-19(2)41-17-22(15-37-41)24-9-8-23(33)13-25(24)26-14-30(42)40(18-35-26)29-7-5-6-20(3)32(43)38-28-16-36-39(4)31(28)21-10-11-34-27(29)12-21/h8-20,29H,5-7H2,1-4H3,(H,38,43)/t20-,29+/m1/s1. The Balaban J connectivity index is 1.42. The molecule has 10 nitrogen and oxygen atoms in total. The summed E-state index contributed by atoms with van der Waals surface area (Å²) in [6.07, 6.45) is 10.8. The normalized spacial score (nSPS) is 17.2. The van der Waals surface area contributed by atoms with Crippen molar-refractivity contribution in [1.82, 2.24) is 34.1 Å². The fraction of sp³-hybridized carbons (Fsp3) is 0.312. The molecule has 0 radical (unpaired) electrons. The maximum Gasteiger partial charge on any atom is 0.254 e. The van der Waals surface area contributed by atoms with E-state index in [4.69, 9.17) is 16.6 Å². The smallest absolute Gasteiger partial charge is 0.254 e. The summed E-state index contributed by atoms with van der Waals surface area (Å²) in [5.74, 6) is -0.266. The van der Waals surface area contributed by atoms with E-state index >= 15 is 0 Å². The molecule has 0 unspecified atom stereocenters. The van der Waals surface area contributed by atoms with Crippen molar-refractivity contribution in [2.45, 2.75) is 52.1 Å². The summed E-state index contributed by atoms with van der Waals surface area (Å²) in [4.78, 5) is 36.2. The van der Waals surface area contributed by atoms with Gasteiger partial charge in [0, 0.05) is 59.2 Å². The lowest BCUT2D eigenvalue weighted by Gasteiger charge is -2.22. The number of halogens is 1. The molecule has 0 spiro atoms. The number of anilines is 1. The zero-order valence-electron chi connectivity index (χ0n) is 24.5.